The van der Waals surface area contributed by atoms with E-state index in [1.807, 2.05) is 48.0 Å². The number of piperazine rings is 1. The van der Waals surface area contributed by atoms with Gasteiger partial charge in [0.15, 0.2) is 5.82 Å². The minimum atomic E-state index is -2.32. The number of allylic oxidation sites excluding steroid dienone is 1. The Morgan fingerprint density at radius 3 is 2.35 bits per heavy atom. The van der Waals surface area contributed by atoms with E-state index in [2.05, 4.69) is 25.4 Å². The van der Waals surface area contributed by atoms with Crippen LogP contribution in [0.1, 0.15) is 10.8 Å². The van der Waals surface area contributed by atoms with Crippen molar-refractivity contribution in [2.75, 3.05) is 26.2 Å². The van der Waals surface area contributed by atoms with Crippen LogP contribution in [0.3, 0.4) is 0 Å². The van der Waals surface area contributed by atoms with Crippen LogP contribution < -0.4 is 5.32 Å². The molecule has 1 fully saturated rings. The van der Waals surface area contributed by atoms with Gasteiger partial charge in [0.25, 0.3) is 0 Å². The van der Waals surface area contributed by atoms with Gasteiger partial charge in [-0.2, -0.15) is 5.10 Å². The molecule has 170 valence electrons. The Hall–Kier alpha value is -3.54. The van der Waals surface area contributed by atoms with Gasteiger partial charge in [-0.05, 0) is 40.5 Å². The summed E-state index contributed by atoms with van der Waals surface area (Å²) in [5.41, 5.74) is 1.85. The van der Waals surface area contributed by atoms with Gasteiger partial charge >= 0.3 is 0 Å². The quantitative estimate of drug-likeness (QED) is 0.458. The highest BCUT2D eigenvalue weighted by molar-refractivity contribution is 8.40. The largest absolute Gasteiger partial charge is 0.366 e. The molecule has 34 heavy (non-hydrogen) atoms. The van der Waals surface area contributed by atoms with Gasteiger partial charge in [0.1, 0.15) is 20.8 Å². The van der Waals surface area contributed by atoms with Crippen molar-refractivity contribution in [3.05, 3.63) is 89.3 Å². The van der Waals surface area contributed by atoms with Crippen molar-refractivity contribution < 1.29 is 0 Å². The molecule has 9 nitrogen and oxygen atoms in total. The summed E-state index contributed by atoms with van der Waals surface area (Å²) in [7, 11) is -2.32. The first kappa shape index (κ1) is 21.0. The maximum absolute atomic E-state index is 5.48. The van der Waals surface area contributed by atoms with Crippen LogP contribution in [0.15, 0.2) is 92.9 Å². The zero-order chi connectivity index (χ0) is 22.8. The number of nitrogens with zero attached hydrogens (tertiary/aromatic N) is 8. The van der Waals surface area contributed by atoms with Crippen LogP contribution in [-0.2, 0) is 0 Å². The number of pyridine rings is 1. The summed E-state index contributed by atoms with van der Waals surface area (Å²) in [4.78, 5) is 22.2. The molecule has 0 radical (unpaired) electrons. The maximum atomic E-state index is 5.48. The van der Waals surface area contributed by atoms with Crippen LogP contribution in [0, 0.1) is 0 Å². The second-order valence-electron chi connectivity index (χ2n) is 7.57. The van der Waals surface area contributed by atoms with E-state index >= 15 is 0 Å². The summed E-state index contributed by atoms with van der Waals surface area (Å²) in [6, 6.07) is 11.6. The summed E-state index contributed by atoms with van der Waals surface area (Å²) < 4.78 is 5.48. The number of nitrogens with one attached hydrogen (secondary N) is 1. The lowest BCUT2D eigenvalue weighted by molar-refractivity contribution is 0.314. The zero-order valence-corrected chi connectivity index (χ0v) is 19.8. The molecule has 11 heteroatoms. The third-order valence-corrected chi connectivity index (χ3v) is 9.46. The zero-order valence-electron chi connectivity index (χ0n) is 18.2. The molecule has 1 saturated heterocycles. The summed E-state index contributed by atoms with van der Waals surface area (Å²) in [5.74, 6) is 0.623. The molecule has 4 aromatic heterocycles. The Kier molecular flexibility index (Phi) is 5.57. The van der Waals surface area contributed by atoms with Gasteiger partial charge in [0.05, 0.1) is 10.6 Å². The van der Waals surface area contributed by atoms with Crippen molar-refractivity contribution in [1.29, 1.82) is 0 Å². The van der Waals surface area contributed by atoms with Gasteiger partial charge in [-0.3, -0.25) is 0 Å². The van der Waals surface area contributed by atoms with Crippen molar-refractivity contribution in [3.8, 4) is 0 Å². The fraction of sp³-hybridized carbons (Fsp3) is 0.174. The minimum absolute atomic E-state index is 0.623. The average molecular weight is 488 g/mol. The second kappa shape index (κ2) is 9.01. The molecular weight excluding hydrogens is 466 g/mol. The summed E-state index contributed by atoms with van der Waals surface area (Å²) in [6.45, 7) is 3.45. The Labute approximate surface area is 202 Å². The van der Waals surface area contributed by atoms with Crippen molar-refractivity contribution >= 4 is 32.2 Å². The molecule has 0 aromatic carbocycles. The molecule has 2 aliphatic rings. The Morgan fingerprint density at radius 1 is 0.824 bits per heavy atom. The predicted molar refractivity (Wildman–Crippen MR) is 132 cm³/mol. The van der Waals surface area contributed by atoms with Crippen LogP contribution in [-0.4, -0.2) is 66.9 Å². The molecule has 1 N–H and O–H groups in total. The van der Waals surface area contributed by atoms with E-state index in [0.717, 1.165) is 57.6 Å². The van der Waals surface area contributed by atoms with Gasteiger partial charge in [-0.15, -0.1) is 16.4 Å². The van der Waals surface area contributed by atoms with Gasteiger partial charge in [0.2, 0.25) is 0 Å². The van der Waals surface area contributed by atoms with Crippen LogP contribution in [0.5, 0.6) is 0 Å². The smallest absolute Gasteiger partial charge is 0.168 e. The van der Waals surface area contributed by atoms with Crippen molar-refractivity contribution in [2.45, 2.75) is 10.1 Å². The molecule has 6 heterocycles. The molecule has 0 saturated carbocycles. The van der Waals surface area contributed by atoms with Crippen molar-refractivity contribution in [3.63, 3.8) is 0 Å². The SMILES string of the molecule is c1ccc(S2(c3cccnn3)N=C(c3nccs3)C(N3CCNCC3)=C2c2ncccn2)nc1. The van der Waals surface area contributed by atoms with E-state index < -0.39 is 10.2 Å². The lowest BCUT2D eigenvalue weighted by Gasteiger charge is -2.35. The lowest BCUT2D eigenvalue weighted by Crippen LogP contribution is -2.44. The summed E-state index contributed by atoms with van der Waals surface area (Å²) >= 11 is 1.57. The maximum Gasteiger partial charge on any atom is 0.168 e. The molecule has 0 amide bonds. The first-order valence-corrected chi connectivity index (χ1v) is 13.3. The number of hydrogen-bond donors (Lipinski definition) is 1. The molecule has 2 aliphatic heterocycles. The predicted octanol–water partition coefficient (Wildman–Crippen LogP) is 3.03. The summed E-state index contributed by atoms with van der Waals surface area (Å²) in [5, 5.41) is 16.7. The highest BCUT2D eigenvalue weighted by Crippen LogP contribution is 2.74. The summed E-state index contributed by atoms with van der Waals surface area (Å²) in [6.07, 6.45) is 8.83. The van der Waals surface area contributed by atoms with E-state index in [4.69, 9.17) is 19.3 Å². The third-order valence-electron chi connectivity index (χ3n) is 5.59. The highest BCUT2D eigenvalue weighted by Gasteiger charge is 2.48. The minimum Gasteiger partial charge on any atom is -0.366 e. The molecular formula is C23H21N9S2. The molecule has 0 aliphatic carbocycles. The van der Waals surface area contributed by atoms with E-state index in [0.29, 0.717) is 5.82 Å². The van der Waals surface area contributed by atoms with Crippen LogP contribution in [0.25, 0.3) is 4.91 Å². The highest BCUT2D eigenvalue weighted by atomic mass is 32.3. The van der Waals surface area contributed by atoms with Crippen molar-refractivity contribution in [1.82, 2.24) is 40.3 Å². The van der Waals surface area contributed by atoms with E-state index in [1.54, 1.807) is 36.1 Å². The first-order valence-electron chi connectivity index (χ1n) is 10.9. The average Bonchev–Trinajstić information content (AvgIpc) is 3.58. The standard InChI is InChI=1S/C23H21N9S2/c1-2-7-25-17(5-1)34(18-6-3-10-29-30-18)21(22-26-8-4-9-27-22)20(32-14-11-24-12-15-32)19(31-34)23-28-13-16-33-23/h1-10,13,16,24H,11-12,14-15H2. The monoisotopic (exact) mass is 487 g/mol. The fourth-order valence-electron chi connectivity index (χ4n) is 4.17. The van der Waals surface area contributed by atoms with E-state index in [1.165, 1.54) is 0 Å². The molecule has 4 aromatic rings. The first-order chi connectivity index (χ1) is 16.9. The van der Waals surface area contributed by atoms with Gasteiger partial charge in [-0.25, -0.2) is 24.3 Å². The van der Waals surface area contributed by atoms with Crippen LogP contribution >= 0.6 is 21.6 Å². The van der Waals surface area contributed by atoms with Gasteiger partial charge in [0, 0.05) is 62.5 Å². The molecule has 0 spiro atoms. The molecule has 0 bridgehead atoms. The number of aromatic nitrogens is 6. The van der Waals surface area contributed by atoms with Crippen LogP contribution in [0.2, 0.25) is 0 Å². The van der Waals surface area contributed by atoms with E-state index in [-0.39, 0.29) is 0 Å². The van der Waals surface area contributed by atoms with Crippen LogP contribution in [0.4, 0.5) is 0 Å². The third kappa shape index (κ3) is 3.49. The molecule has 6 rings (SSSR count). The lowest BCUT2D eigenvalue weighted by atomic mass is 10.2. The number of rotatable bonds is 5. The van der Waals surface area contributed by atoms with E-state index in [9.17, 15) is 0 Å². The topological polar surface area (TPSA) is 105 Å². The van der Waals surface area contributed by atoms with Gasteiger partial charge in [-0.1, -0.05) is 6.07 Å². The second-order valence-corrected chi connectivity index (χ2v) is 11.1. The number of hydrogen-bond acceptors (Lipinski definition) is 10. The molecule has 1 unspecified atom stereocenters. The Bertz CT molecular complexity index is 1280. The molecule has 1 atom stereocenters. The van der Waals surface area contributed by atoms with Crippen molar-refractivity contribution in [2.24, 2.45) is 4.40 Å². The van der Waals surface area contributed by atoms with Gasteiger partial charge < -0.3 is 10.2 Å². The Balaban J connectivity index is 1.74. The Morgan fingerprint density at radius 2 is 1.65 bits per heavy atom. The fourth-order valence-corrected chi connectivity index (χ4v) is 8.01. The number of thiazole rings is 1. The normalized spacial score (nSPS) is 22.4.